The summed E-state index contributed by atoms with van der Waals surface area (Å²) in [6, 6.07) is 20.1. The highest BCUT2D eigenvalue weighted by molar-refractivity contribution is 5.94. The van der Waals surface area contributed by atoms with Crippen molar-refractivity contribution in [2.45, 2.75) is 19.0 Å². The molecule has 1 fully saturated rings. The molecule has 0 saturated carbocycles. The summed E-state index contributed by atoms with van der Waals surface area (Å²) < 4.78 is 6.01. The van der Waals surface area contributed by atoms with Crippen LogP contribution in [-0.4, -0.2) is 49.7 Å². The van der Waals surface area contributed by atoms with Gasteiger partial charge in [0.05, 0.1) is 11.6 Å². The lowest BCUT2D eigenvalue weighted by Gasteiger charge is -2.31. The number of hydrogen-bond acceptors (Lipinski definition) is 6. The molecule has 33 heavy (non-hydrogen) atoms. The van der Waals surface area contributed by atoms with E-state index in [4.69, 9.17) is 4.74 Å². The summed E-state index contributed by atoms with van der Waals surface area (Å²) in [4.78, 5) is 19.5. The molecule has 0 bridgehead atoms. The van der Waals surface area contributed by atoms with Crippen LogP contribution in [0.4, 0.5) is 11.5 Å². The zero-order chi connectivity index (χ0) is 22.5. The fourth-order valence-corrected chi connectivity index (χ4v) is 4.26. The number of nitrogens with one attached hydrogen (secondary N) is 3. The van der Waals surface area contributed by atoms with Gasteiger partial charge in [0.15, 0.2) is 0 Å². The van der Waals surface area contributed by atoms with Crippen LogP contribution in [0.15, 0.2) is 66.9 Å². The van der Waals surface area contributed by atoms with Crippen LogP contribution >= 0.6 is 0 Å². The van der Waals surface area contributed by atoms with Gasteiger partial charge in [-0.3, -0.25) is 4.79 Å². The molecule has 7 nitrogen and oxygen atoms in total. The van der Waals surface area contributed by atoms with E-state index < -0.39 is 0 Å². The third-order valence-corrected chi connectivity index (χ3v) is 6.12. The van der Waals surface area contributed by atoms with Crippen molar-refractivity contribution < 1.29 is 9.53 Å². The summed E-state index contributed by atoms with van der Waals surface area (Å²) in [6.45, 7) is 5.18. The Hall–Kier alpha value is -3.58. The molecule has 3 heterocycles. The predicted octanol–water partition coefficient (Wildman–Crippen LogP) is 2.84. The van der Waals surface area contributed by atoms with Crippen molar-refractivity contribution in [3.63, 3.8) is 0 Å². The second-order valence-corrected chi connectivity index (χ2v) is 8.49. The Kier molecular flexibility index (Phi) is 6.39. The van der Waals surface area contributed by atoms with Crippen molar-refractivity contribution in [1.29, 1.82) is 0 Å². The van der Waals surface area contributed by atoms with Crippen LogP contribution in [0.25, 0.3) is 0 Å². The van der Waals surface area contributed by atoms with Gasteiger partial charge in [-0.2, -0.15) is 0 Å². The average Bonchev–Trinajstić information content (AvgIpc) is 2.88. The van der Waals surface area contributed by atoms with Gasteiger partial charge in [0, 0.05) is 50.7 Å². The summed E-state index contributed by atoms with van der Waals surface area (Å²) in [7, 11) is 0. The molecule has 3 aromatic rings. The number of pyridine rings is 1. The zero-order valence-electron chi connectivity index (χ0n) is 18.6. The molecule has 2 aliphatic rings. The lowest BCUT2D eigenvalue weighted by atomic mass is 10.0. The summed E-state index contributed by atoms with van der Waals surface area (Å²) in [6.07, 6.45) is 2.37. The maximum absolute atomic E-state index is 12.7. The minimum Gasteiger partial charge on any atom is -0.491 e. The molecule has 1 atom stereocenters. The molecular weight excluding hydrogens is 414 g/mol. The highest BCUT2D eigenvalue weighted by Gasteiger charge is 2.23. The number of benzene rings is 2. The topological polar surface area (TPSA) is 78.5 Å². The first-order valence-electron chi connectivity index (χ1n) is 11.5. The highest BCUT2D eigenvalue weighted by atomic mass is 16.5. The number of piperazine rings is 1. The normalized spacial score (nSPS) is 17.6. The monoisotopic (exact) mass is 443 g/mol. The van der Waals surface area contributed by atoms with Gasteiger partial charge in [0.2, 0.25) is 0 Å². The van der Waals surface area contributed by atoms with Crippen LogP contribution < -0.4 is 25.6 Å². The van der Waals surface area contributed by atoms with Crippen LogP contribution in [0.2, 0.25) is 0 Å². The van der Waals surface area contributed by atoms with E-state index in [0.717, 1.165) is 49.7 Å². The van der Waals surface area contributed by atoms with E-state index in [-0.39, 0.29) is 11.9 Å². The Morgan fingerprint density at radius 1 is 1.09 bits per heavy atom. The molecule has 1 amide bonds. The Morgan fingerprint density at radius 2 is 1.94 bits per heavy atom. The van der Waals surface area contributed by atoms with Gasteiger partial charge in [-0.25, -0.2) is 4.98 Å². The van der Waals surface area contributed by atoms with Crippen LogP contribution in [0.5, 0.6) is 5.75 Å². The summed E-state index contributed by atoms with van der Waals surface area (Å²) >= 11 is 0. The molecule has 5 rings (SSSR count). The Morgan fingerprint density at radius 3 is 2.73 bits per heavy atom. The number of carbonyl (C=O) groups excluding carboxylic acids is 1. The number of fused-ring (bicyclic) bond motifs is 1. The van der Waals surface area contributed by atoms with Gasteiger partial charge in [0.25, 0.3) is 5.91 Å². The van der Waals surface area contributed by atoms with Crippen molar-refractivity contribution in [1.82, 2.24) is 15.6 Å². The number of nitrogens with zero attached hydrogens (tertiary/aromatic N) is 2. The SMILES string of the molecule is O=C(N[C@H]1COc2cc(N3CCNCC3)ccc2C1)c1ccc(NCc2ccccc2)nc1. The number of aromatic nitrogens is 1. The first kappa shape index (κ1) is 21.3. The second-order valence-electron chi connectivity index (χ2n) is 8.49. The van der Waals surface area contributed by atoms with Crippen LogP contribution in [0.1, 0.15) is 21.5 Å². The van der Waals surface area contributed by atoms with E-state index in [1.165, 1.54) is 11.3 Å². The fraction of sp³-hybridized carbons (Fsp3) is 0.308. The minimum absolute atomic E-state index is 0.0640. The van der Waals surface area contributed by atoms with E-state index in [1.54, 1.807) is 12.3 Å². The first-order chi connectivity index (χ1) is 16.2. The number of amides is 1. The molecule has 0 radical (unpaired) electrons. The quantitative estimate of drug-likeness (QED) is 0.544. The maximum Gasteiger partial charge on any atom is 0.253 e. The van der Waals surface area contributed by atoms with Gasteiger partial charge >= 0.3 is 0 Å². The van der Waals surface area contributed by atoms with Gasteiger partial charge in [-0.1, -0.05) is 36.4 Å². The van der Waals surface area contributed by atoms with Gasteiger partial charge in [0.1, 0.15) is 18.2 Å². The summed E-state index contributed by atoms with van der Waals surface area (Å²) in [5.74, 6) is 1.53. The Bertz CT molecular complexity index is 1080. The van der Waals surface area contributed by atoms with Crippen LogP contribution in [-0.2, 0) is 13.0 Å². The molecule has 7 heteroatoms. The molecular formula is C26H29N5O2. The number of carbonyl (C=O) groups is 1. The molecule has 0 aliphatic carbocycles. The predicted molar refractivity (Wildman–Crippen MR) is 130 cm³/mol. The molecule has 2 aromatic carbocycles. The fourth-order valence-electron chi connectivity index (χ4n) is 4.26. The Labute approximate surface area is 194 Å². The van der Waals surface area contributed by atoms with Crippen LogP contribution in [0.3, 0.4) is 0 Å². The lowest BCUT2D eigenvalue weighted by molar-refractivity contribution is 0.0915. The minimum atomic E-state index is -0.133. The van der Waals surface area contributed by atoms with E-state index in [9.17, 15) is 4.79 Å². The molecule has 0 unspecified atom stereocenters. The summed E-state index contributed by atoms with van der Waals surface area (Å²) in [5.41, 5.74) is 4.05. The number of ether oxygens (including phenoxy) is 1. The van der Waals surface area contributed by atoms with Crippen molar-refractivity contribution in [3.05, 3.63) is 83.6 Å². The van der Waals surface area contributed by atoms with Crippen molar-refractivity contribution in [2.75, 3.05) is 43.0 Å². The van der Waals surface area contributed by atoms with Gasteiger partial charge < -0.3 is 25.6 Å². The van der Waals surface area contributed by atoms with E-state index in [2.05, 4.69) is 56.2 Å². The largest absolute Gasteiger partial charge is 0.491 e. The standard InChI is InChI=1S/C26H29N5O2/c32-26(21-7-9-25(29-17-21)28-16-19-4-2-1-3-5-19)30-22-14-20-6-8-23(15-24(20)33-18-22)31-12-10-27-11-13-31/h1-9,15,17,22,27H,10-14,16,18H2,(H,28,29)(H,30,32)/t22-/m1/s1. The molecule has 1 saturated heterocycles. The zero-order valence-corrected chi connectivity index (χ0v) is 18.6. The molecule has 1 aromatic heterocycles. The summed E-state index contributed by atoms with van der Waals surface area (Å²) in [5, 5.41) is 9.75. The lowest BCUT2D eigenvalue weighted by Crippen LogP contribution is -2.44. The Balaban J connectivity index is 1.15. The molecule has 2 aliphatic heterocycles. The third kappa shape index (κ3) is 5.26. The smallest absolute Gasteiger partial charge is 0.253 e. The van der Waals surface area contributed by atoms with E-state index in [0.29, 0.717) is 18.7 Å². The van der Waals surface area contributed by atoms with Gasteiger partial charge in [-0.05, 0) is 35.7 Å². The van der Waals surface area contributed by atoms with Crippen molar-refractivity contribution in [2.24, 2.45) is 0 Å². The van der Waals surface area contributed by atoms with Crippen molar-refractivity contribution >= 4 is 17.4 Å². The molecule has 0 spiro atoms. The average molecular weight is 444 g/mol. The van der Waals surface area contributed by atoms with E-state index in [1.807, 2.05) is 24.3 Å². The van der Waals surface area contributed by atoms with Gasteiger partial charge in [-0.15, -0.1) is 0 Å². The number of anilines is 2. The maximum atomic E-state index is 12.7. The second kappa shape index (κ2) is 9.92. The van der Waals surface area contributed by atoms with Crippen LogP contribution in [0, 0.1) is 0 Å². The number of hydrogen-bond donors (Lipinski definition) is 3. The van der Waals surface area contributed by atoms with Crippen molar-refractivity contribution in [3.8, 4) is 5.75 Å². The first-order valence-corrected chi connectivity index (χ1v) is 11.5. The molecule has 3 N–H and O–H groups in total. The van der Waals surface area contributed by atoms with E-state index >= 15 is 0 Å². The highest BCUT2D eigenvalue weighted by Crippen LogP contribution is 2.30. The third-order valence-electron chi connectivity index (χ3n) is 6.12. The molecule has 170 valence electrons. The number of rotatable bonds is 6.